The van der Waals surface area contributed by atoms with Crippen LogP contribution in [0, 0.1) is 0 Å². The number of carbonyl (C=O) groups is 4. The van der Waals surface area contributed by atoms with Crippen molar-refractivity contribution in [3.63, 3.8) is 0 Å². The van der Waals surface area contributed by atoms with Gasteiger partial charge in [0, 0.05) is 97.8 Å². The number of aromatic amines is 1. The van der Waals surface area contributed by atoms with E-state index in [-0.39, 0.29) is 23.6 Å². The Balaban J connectivity index is 0.000000161. The molecule has 0 spiro atoms. The van der Waals surface area contributed by atoms with Crippen molar-refractivity contribution in [2.75, 3.05) is 25.0 Å². The first-order chi connectivity index (χ1) is 35.3. The molecule has 19 nitrogen and oxygen atoms in total. The molecule has 4 amide bonds. The molecule has 8 aromatic rings. The molecular formula is C52H57BrN14O5. The molecule has 10 rings (SSSR count). The van der Waals surface area contributed by atoms with Gasteiger partial charge in [-0.1, -0.05) is 40.2 Å². The van der Waals surface area contributed by atoms with Crippen LogP contribution in [0.25, 0.3) is 33.8 Å². The van der Waals surface area contributed by atoms with Crippen LogP contribution in [0.5, 0.6) is 0 Å². The van der Waals surface area contributed by atoms with Crippen molar-refractivity contribution in [1.82, 2.24) is 59.4 Å². The summed E-state index contributed by atoms with van der Waals surface area (Å²) in [5.41, 5.74) is 14.7. The van der Waals surface area contributed by atoms with Gasteiger partial charge in [0.25, 0.3) is 23.6 Å². The van der Waals surface area contributed by atoms with Gasteiger partial charge in [-0.05, 0) is 106 Å². The number of fused-ring (bicyclic) bond motifs is 2. The molecule has 0 unspecified atom stereocenters. The van der Waals surface area contributed by atoms with E-state index in [0.717, 1.165) is 97.3 Å². The second kappa shape index (κ2) is 28.7. The molecular weight excluding hydrogens is 981 g/mol. The molecule has 0 bridgehead atoms. The molecule has 0 radical (unpaired) electrons. The third kappa shape index (κ3) is 15.1. The Morgan fingerprint density at radius 1 is 0.528 bits per heavy atom. The lowest BCUT2D eigenvalue weighted by atomic mass is 10.1. The summed E-state index contributed by atoms with van der Waals surface area (Å²) in [5.74, 6) is 3.46. The van der Waals surface area contributed by atoms with E-state index in [1.165, 1.54) is 15.4 Å². The monoisotopic (exact) mass is 1040 g/mol. The normalized spacial score (nSPS) is 12.1. The Morgan fingerprint density at radius 2 is 0.931 bits per heavy atom. The van der Waals surface area contributed by atoms with E-state index in [2.05, 4.69) is 61.2 Å². The molecule has 0 saturated carbocycles. The van der Waals surface area contributed by atoms with Crippen molar-refractivity contribution in [3.05, 3.63) is 182 Å². The maximum absolute atomic E-state index is 12.3. The zero-order valence-corrected chi connectivity index (χ0v) is 41.2. The number of hydrogen-bond acceptors (Lipinski definition) is 14. The number of rotatable bonds is 16. The van der Waals surface area contributed by atoms with Crippen LogP contribution in [0.4, 0.5) is 0 Å². The molecule has 6 aromatic heterocycles. The number of nitrogens with two attached hydrogens (primary N) is 2. The maximum Gasteiger partial charge on any atom is 0.261 e. The molecule has 72 heavy (non-hydrogen) atoms. The number of H-pyrrole nitrogens is 1. The zero-order chi connectivity index (χ0) is 50.9. The quantitative estimate of drug-likeness (QED) is 0.0207. The Hall–Kier alpha value is -7.88. The number of alkyl halides is 1. The number of nitrogens with zero attached hydrogens (tertiary/aromatic N) is 10. The fourth-order valence-electron chi connectivity index (χ4n) is 7.48. The third-order valence-electron chi connectivity index (χ3n) is 11.1. The molecule has 0 saturated heterocycles. The topological polar surface area (TPSA) is 262 Å². The Bertz CT molecular complexity index is 2830. The van der Waals surface area contributed by atoms with E-state index < -0.39 is 0 Å². The number of imidazole rings is 3. The first-order valence-electron chi connectivity index (χ1n) is 23.3. The van der Waals surface area contributed by atoms with Crippen molar-refractivity contribution in [1.29, 1.82) is 0 Å². The smallest absolute Gasteiger partial charge is 0.261 e. The Morgan fingerprint density at radius 3 is 1.31 bits per heavy atom. The molecule has 7 N–H and O–H groups in total. The minimum absolute atomic E-state index is 0.157. The summed E-state index contributed by atoms with van der Waals surface area (Å²) < 4.78 is 4.11. The van der Waals surface area contributed by atoms with Crippen LogP contribution in [0.3, 0.4) is 0 Å². The highest BCUT2D eigenvalue weighted by Gasteiger charge is 2.35. The lowest BCUT2D eigenvalue weighted by Gasteiger charge is -2.13. The summed E-state index contributed by atoms with van der Waals surface area (Å²) in [4.78, 5) is 79.0. The van der Waals surface area contributed by atoms with Gasteiger partial charge in [-0.15, -0.1) is 5.59 Å². The Kier molecular flexibility index (Phi) is 21.3. The summed E-state index contributed by atoms with van der Waals surface area (Å²) >= 11 is 3.33. The number of pyridine rings is 3. The van der Waals surface area contributed by atoms with E-state index in [9.17, 15) is 19.2 Å². The SMILES string of the molecule is NCCCCn1cnc(-c2cccnc2)c1.NNO.O=C1c2ccccc2C(=O)N1CCCCBr.O=C1c2ccccc2C(=O)N1CCCCn1cnc(-c2cccnc2)c1.c1cncc(-c2cnc[nH]2)c1. The van der Waals surface area contributed by atoms with Crippen molar-refractivity contribution >= 4 is 39.6 Å². The number of amides is 4. The lowest BCUT2D eigenvalue weighted by Crippen LogP contribution is -2.30. The van der Waals surface area contributed by atoms with Crippen LogP contribution in [-0.4, -0.2) is 108 Å². The summed E-state index contributed by atoms with van der Waals surface area (Å²) in [7, 11) is 0. The van der Waals surface area contributed by atoms with Crippen molar-refractivity contribution in [3.8, 4) is 33.8 Å². The van der Waals surface area contributed by atoms with Gasteiger partial charge in [0.15, 0.2) is 0 Å². The van der Waals surface area contributed by atoms with E-state index in [1.54, 1.807) is 98.4 Å². The average molecular weight is 1040 g/mol. The highest BCUT2D eigenvalue weighted by Crippen LogP contribution is 2.24. The summed E-state index contributed by atoms with van der Waals surface area (Å²) in [6, 6.07) is 25.6. The number of hydrogen-bond donors (Lipinski definition) is 5. The summed E-state index contributed by atoms with van der Waals surface area (Å²) in [5, 5.41) is 8.00. The van der Waals surface area contributed by atoms with Crippen LogP contribution in [-0.2, 0) is 13.1 Å². The summed E-state index contributed by atoms with van der Waals surface area (Å²) in [6.07, 6.45) is 27.4. The minimum Gasteiger partial charge on any atom is -0.345 e. The van der Waals surface area contributed by atoms with Crippen LogP contribution in [0.2, 0.25) is 0 Å². The Labute approximate surface area is 425 Å². The number of nitrogens with one attached hydrogen (secondary N) is 2. The fourth-order valence-corrected chi connectivity index (χ4v) is 7.88. The molecule has 2 aliphatic rings. The number of imide groups is 2. The van der Waals surface area contributed by atoms with Gasteiger partial charge in [0.1, 0.15) is 0 Å². The molecule has 0 atom stereocenters. The number of aryl methyl sites for hydroxylation is 2. The van der Waals surface area contributed by atoms with Gasteiger partial charge in [-0.3, -0.25) is 43.9 Å². The number of aromatic nitrogens is 9. The lowest BCUT2D eigenvalue weighted by molar-refractivity contribution is 0.0636. The van der Waals surface area contributed by atoms with Gasteiger partial charge >= 0.3 is 0 Å². The third-order valence-corrected chi connectivity index (χ3v) is 11.7. The molecule has 372 valence electrons. The highest BCUT2D eigenvalue weighted by molar-refractivity contribution is 9.09. The number of hydrazine groups is 1. The molecule has 0 fully saturated rings. The molecule has 2 aliphatic heterocycles. The van der Waals surface area contributed by atoms with Crippen molar-refractivity contribution < 1.29 is 24.4 Å². The van der Waals surface area contributed by atoms with E-state index in [4.69, 9.17) is 10.9 Å². The highest BCUT2D eigenvalue weighted by atomic mass is 79.9. The number of benzene rings is 2. The van der Waals surface area contributed by atoms with Gasteiger partial charge < -0.3 is 25.1 Å². The van der Waals surface area contributed by atoms with Crippen LogP contribution < -0.4 is 17.2 Å². The number of halogens is 1. The predicted molar refractivity (Wildman–Crippen MR) is 276 cm³/mol. The van der Waals surface area contributed by atoms with Crippen LogP contribution in [0.1, 0.15) is 80.0 Å². The van der Waals surface area contributed by atoms with Gasteiger partial charge in [-0.2, -0.15) is 0 Å². The van der Waals surface area contributed by atoms with Gasteiger partial charge in [-0.25, -0.2) is 20.8 Å². The molecule has 20 heteroatoms. The van der Waals surface area contributed by atoms with Gasteiger partial charge in [0.05, 0.1) is 64.5 Å². The van der Waals surface area contributed by atoms with Crippen molar-refractivity contribution in [2.24, 2.45) is 11.6 Å². The maximum atomic E-state index is 12.3. The zero-order valence-electron chi connectivity index (χ0n) is 39.6. The standard InChI is InChI=1S/C20H18N4O2.C12H12BrNO2.C12H16N4.C8H7N3.H4N2O/c25-19-16-7-1-2-8-17(16)20(26)24(19)11-4-3-10-23-13-18(22-14-23)15-6-5-9-21-12-15;13-7-3-4-8-14-11(15)9-5-1-2-6-10(9)12(14)16;13-5-1-2-7-16-9-12(15-10-16)11-4-3-6-14-8-11;1-2-7(4-9-3-1)8-5-10-6-11-8;1-2-3/h1-2,5-9,12-14H,3-4,10-11H2;1-2,5-6H,3-4,7-8H2;3-4,6,8-10H,1-2,5,7,13H2;1-6H,(H,10,11);2-3H,1H2. The van der Waals surface area contributed by atoms with Crippen LogP contribution >= 0.6 is 15.9 Å². The largest absolute Gasteiger partial charge is 0.345 e. The molecule has 2 aromatic carbocycles. The predicted octanol–water partition coefficient (Wildman–Crippen LogP) is 7.47. The first kappa shape index (κ1) is 53.5. The molecule has 8 heterocycles. The number of carbonyl (C=O) groups excluding carboxylic acids is 4. The number of unbranched alkanes of at least 4 members (excludes halogenated alkanes) is 3. The van der Waals surface area contributed by atoms with Crippen LogP contribution in [0.15, 0.2) is 160 Å². The van der Waals surface area contributed by atoms with E-state index in [1.807, 2.05) is 65.9 Å². The van der Waals surface area contributed by atoms with E-state index in [0.29, 0.717) is 35.3 Å². The summed E-state index contributed by atoms with van der Waals surface area (Å²) in [6.45, 7) is 3.47. The van der Waals surface area contributed by atoms with E-state index >= 15 is 0 Å². The average Bonchev–Trinajstić information content (AvgIpc) is 4.30. The second-order valence-electron chi connectivity index (χ2n) is 16.0. The first-order valence-corrected chi connectivity index (χ1v) is 24.4. The molecule has 0 aliphatic carbocycles. The fraction of sp³-hybridized carbons (Fsp3) is 0.231. The minimum atomic E-state index is -0.188. The second-order valence-corrected chi connectivity index (χ2v) is 16.8. The van der Waals surface area contributed by atoms with Gasteiger partial charge in [0.2, 0.25) is 0 Å². The van der Waals surface area contributed by atoms with Crippen molar-refractivity contribution in [2.45, 2.75) is 51.6 Å².